The largest absolute Gasteiger partial charge is 0.344 e. The average Bonchev–Trinajstić information content (AvgIpc) is 2.93. The summed E-state index contributed by atoms with van der Waals surface area (Å²) in [6, 6.07) is 12.9. The topological polar surface area (TPSA) is 29.1 Å². The molecule has 2 nitrogen and oxygen atoms in total. The van der Waals surface area contributed by atoms with Crippen molar-refractivity contribution in [2.45, 2.75) is 25.3 Å². The Balaban J connectivity index is 1.66. The fraction of sp³-hybridized carbons (Fsp3) is 0.211. The van der Waals surface area contributed by atoms with Gasteiger partial charge in [0.15, 0.2) is 0 Å². The molecule has 0 bridgehead atoms. The van der Waals surface area contributed by atoms with E-state index in [-0.39, 0.29) is 17.0 Å². The maximum Gasteiger partial charge on any atom is 0.263 e. The molecule has 0 aliphatic heterocycles. The fourth-order valence-corrected chi connectivity index (χ4v) is 4.81. The number of carbonyl (C=O) groups is 1. The van der Waals surface area contributed by atoms with Gasteiger partial charge >= 0.3 is 0 Å². The zero-order chi connectivity index (χ0) is 16.7. The second-order valence-electron chi connectivity index (χ2n) is 5.98. The molecule has 0 radical (unpaired) electrons. The molecule has 24 heavy (non-hydrogen) atoms. The van der Waals surface area contributed by atoms with Crippen molar-refractivity contribution in [3.05, 3.63) is 69.3 Å². The Kier molecular flexibility index (Phi) is 4.02. The summed E-state index contributed by atoms with van der Waals surface area (Å²) in [5, 5.41) is 3.61. The zero-order valence-corrected chi connectivity index (χ0v) is 14.4. The van der Waals surface area contributed by atoms with Crippen molar-refractivity contribution in [1.82, 2.24) is 5.32 Å². The van der Waals surface area contributed by atoms with E-state index in [1.54, 1.807) is 12.1 Å². The van der Waals surface area contributed by atoms with Gasteiger partial charge in [-0.1, -0.05) is 41.9 Å². The highest BCUT2D eigenvalue weighted by atomic mass is 35.5. The van der Waals surface area contributed by atoms with Gasteiger partial charge in [0.2, 0.25) is 0 Å². The molecule has 3 aromatic rings. The molecule has 0 spiro atoms. The number of rotatable bonds is 2. The summed E-state index contributed by atoms with van der Waals surface area (Å²) < 4.78 is 14.7. The van der Waals surface area contributed by atoms with Gasteiger partial charge in [-0.15, -0.1) is 11.3 Å². The third-order valence-corrected chi connectivity index (χ3v) is 6.13. The van der Waals surface area contributed by atoms with E-state index in [1.807, 2.05) is 12.1 Å². The van der Waals surface area contributed by atoms with Crippen LogP contribution in [0.15, 0.2) is 42.5 Å². The Morgan fingerprint density at radius 1 is 1.21 bits per heavy atom. The number of hydrogen-bond donors (Lipinski definition) is 1. The first-order valence-corrected chi connectivity index (χ1v) is 9.10. The Labute approximate surface area is 148 Å². The lowest BCUT2D eigenvalue weighted by Gasteiger charge is -2.26. The van der Waals surface area contributed by atoms with Gasteiger partial charge in [-0.3, -0.25) is 4.79 Å². The van der Waals surface area contributed by atoms with Crippen LogP contribution in [0.1, 0.15) is 39.7 Å². The second kappa shape index (κ2) is 6.19. The lowest BCUT2D eigenvalue weighted by molar-refractivity contribution is 0.0937. The highest BCUT2D eigenvalue weighted by molar-refractivity contribution is 7.21. The number of amides is 1. The van der Waals surface area contributed by atoms with Gasteiger partial charge < -0.3 is 5.32 Å². The quantitative estimate of drug-likeness (QED) is 0.643. The van der Waals surface area contributed by atoms with Gasteiger partial charge in [0.1, 0.15) is 10.7 Å². The minimum absolute atomic E-state index is 0.0198. The minimum atomic E-state index is -0.393. The van der Waals surface area contributed by atoms with Crippen LogP contribution in [-0.4, -0.2) is 5.91 Å². The minimum Gasteiger partial charge on any atom is -0.344 e. The van der Waals surface area contributed by atoms with Gasteiger partial charge in [-0.25, -0.2) is 4.39 Å². The first-order valence-electron chi connectivity index (χ1n) is 7.90. The van der Waals surface area contributed by atoms with Crippen LogP contribution in [0.4, 0.5) is 4.39 Å². The molecule has 1 aliphatic rings. The first-order chi connectivity index (χ1) is 11.6. The number of nitrogens with one attached hydrogen (secondary N) is 1. The molecule has 0 saturated heterocycles. The predicted octanol–water partition coefficient (Wildman–Crippen LogP) is 5.50. The Morgan fingerprint density at radius 3 is 2.88 bits per heavy atom. The highest BCUT2D eigenvalue weighted by Crippen LogP contribution is 2.37. The van der Waals surface area contributed by atoms with E-state index in [1.165, 1.54) is 28.5 Å². The van der Waals surface area contributed by atoms with Gasteiger partial charge in [-0.05, 0) is 42.5 Å². The summed E-state index contributed by atoms with van der Waals surface area (Å²) in [6.07, 6.45) is 2.98. The van der Waals surface area contributed by atoms with Crippen molar-refractivity contribution in [1.29, 1.82) is 0 Å². The monoisotopic (exact) mass is 359 g/mol. The summed E-state index contributed by atoms with van der Waals surface area (Å²) in [5.41, 5.74) is 2.45. The summed E-state index contributed by atoms with van der Waals surface area (Å²) in [4.78, 5) is 13.1. The molecule has 5 heteroatoms. The number of halogens is 2. The van der Waals surface area contributed by atoms with Crippen LogP contribution in [0.25, 0.3) is 10.1 Å². The van der Waals surface area contributed by atoms with E-state index < -0.39 is 5.82 Å². The van der Waals surface area contributed by atoms with E-state index in [0.29, 0.717) is 15.0 Å². The molecule has 1 aliphatic carbocycles. The van der Waals surface area contributed by atoms with E-state index in [0.717, 1.165) is 19.3 Å². The molecule has 1 atom stereocenters. The second-order valence-corrected chi connectivity index (χ2v) is 7.41. The summed E-state index contributed by atoms with van der Waals surface area (Å²) in [6.45, 7) is 0. The highest BCUT2D eigenvalue weighted by Gasteiger charge is 2.25. The predicted molar refractivity (Wildman–Crippen MR) is 96.4 cm³/mol. The number of fused-ring (bicyclic) bond motifs is 2. The molecular weight excluding hydrogens is 345 g/mol. The summed E-state index contributed by atoms with van der Waals surface area (Å²) in [5.74, 6) is -0.627. The van der Waals surface area contributed by atoms with E-state index in [2.05, 4.69) is 17.4 Å². The van der Waals surface area contributed by atoms with E-state index in [9.17, 15) is 9.18 Å². The van der Waals surface area contributed by atoms with E-state index >= 15 is 0 Å². The molecule has 1 heterocycles. The number of thiophene rings is 1. The Hall–Kier alpha value is -1.91. The Bertz CT molecular complexity index is 936. The van der Waals surface area contributed by atoms with Gasteiger partial charge in [0, 0.05) is 10.1 Å². The third-order valence-electron chi connectivity index (χ3n) is 4.49. The van der Waals surface area contributed by atoms with Crippen molar-refractivity contribution >= 4 is 38.9 Å². The van der Waals surface area contributed by atoms with Crippen molar-refractivity contribution in [2.75, 3.05) is 0 Å². The maximum absolute atomic E-state index is 14.0. The molecule has 2 aromatic carbocycles. The number of benzene rings is 2. The van der Waals surface area contributed by atoms with E-state index in [4.69, 9.17) is 11.6 Å². The van der Waals surface area contributed by atoms with Crippen LogP contribution >= 0.6 is 22.9 Å². The van der Waals surface area contributed by atoms with Crippen molar-refractivity contribution in [3.8, 4) is 0 Å². The molecular formula is C19H15ClFNOS. The maximum atomic E-state index is 14.0. The van der Waals surface area contributed by atoms with Crippen LogP contribution in [0.3, 0.4) is 0 Å². The summed E-state index contributed by atoms with van der Waals surface area (Å²) >= 11 is 7.52. The molecule has 0 unspecified atom stereocenters. The molecule has 4 rings (SSSR count). The molecule has 0 saturated carbocycles. The summed E-state index contributed by atoms with van der Waals surface area (Å²) in [7, 11) is 0. The lowest BCUT2D eigenvalue weighted by Crippen LogP contribution is -2.30. The molecule has 1 N–H and O–H groups in total. The molecule has 0 fully saturated rings. The SMILES string of the molecule is O=C(N[C@@H]1CCCc2ccccc21)c1sc2cccc(F)c2c1Cl. The average molecular weight is 360 g/mol. The molecule has 1 aromatic heterocycles. The van der Waals surface area contributed by atoms with Crippen molar-refractivity contribution in [2.24, 2.45) is 0 Å². The van der Waals surface area contributed by atoms with Gasteiger partial charge in [-0.2, -0.15) is 0 Å². The lowest BCUT2D eigenvalue weighted by atomic mass is 9.88. The van der Waals surface area contributed by atoms with Crippen LogP contribution in [0.5, 0.6) is 0 Å². The fourth-order valence-electron chi connectivity index (χ4n) is 3.34. The number of carbonyl (C=O) groups excluding carboxylic acids is 1. The third kappa shape index (κ3) is 2.60. The van der Waals surface area contributed by atoms with Crippen LogP contribution in [0.2, 0.25) is 5.02 Å². The molecule has 1 amide bonds. The number of aryl methyl sites for hydroxylation is 1. The van der Waals surface area contributed by atoms with Crippen LogP contribution in [0, 0.1) is 5.82 Å². The standard InChI is InChI=1S/C19H15ClFNOS/c20-17-16-13(21)8-4-10-15(16)24-18(17)19(23)22-14-9-3-6-11-5-1-2-7-12(11)14/h1-2,4-5,7-8,10,14H,3,6,9H2,(H,22,23)/t14-/m1/s1. The van der Waals surface area contributed by atoms with Crippen LogP contribution in [-0.2, 0) is 6.42 Å². The van der Waals surface area contributed by atoms with Gasteiger partial charge in [0.25, 0.3) is 5.91 Å². The first kappa shape index (κ1) is 15.6. The van der Waals surface area contributed by atoms with Gasteiger partial charge in [0.05, 0.1) is 11.1 Å². The van der Waals surface area contributed by atoms with Crippen molar-refractivity contribution < 1.29 is 9.18 Å². The Morgan fingerprint density at radius 2 is 2.04 bits per heavy atom. The molecule has 122 valence electrons. The zero-order valence-electron chi connectivity index (χ0n) is 12.8. The van der Waals surface area contributed by atoms with Crippen molar-refractivity contribution in [3.63, 3.8) is 0 Å². The van der Waals surface area contributed by atoms with Crippen LogP contribution < -0.4 is 5.32 Å². The normalized spacial score (nSPS) is 16.8. The number of hydrogen-bond acceptors (Lipinski definition) is 2. The smallest absolute Gasteiger partial charge is 0.263 e.